The van der Waals surface area contributed by atoms with Crippen LogP contribution in [0.2, 0.25) is 10.0 Å². The third kappa shape index (κ3) is 3.18. The predicted molar refractivity (Wildman–Crippen MR) is 77.4 cm³/mol. The quantitative estimate of drug-likeness (QED) is 0.497. The molecule has 1 heterocycles. The van der Waals surface area contributed by atoms with Crippen LogP contribution in [0, 0.1) is 6.92 Å². The van der Waals surface area contributed by atoms with Gasteiger partial charge in [-0.05, 0) is 25.1 Å². The van der Waals surface area contributed by atoms with Crippen LogP contribution in [0.5, 0.6) is 0 Å². The maximum Gasteiger partial charge on any atom is 0.385 e. The van der Waals surface area contributed by atoms with Gasteiger partial charge in [0.2, 0.25) is 0 Å². The number of benzene rings is 1. The first kappa shape index (κ1) is 14.6. The van der Waals surface area contributed by atoms with Gasteiger partial charge in [-0.2, -0.15) is 5.10 Å². The van der Waals surface area contributed by atoms with Crippen molar-refractivity contribution in [2.45, 2.75) is 6.92 Å². The van der Waals surface area contributed by atoms with E-state index in [2.05, 4.69) is 10.3 Å². The highest BCUT2D eigenvalue weighted by atomic mass is 35.5. The van der Waals surface area contributed by atoms with Gasteiger partial charge in [0.15, 0.2) is 5.69 Å². The molecule has 0 N–H and O–H groups in total. The molecule has 0 unspecified atom stereocenters. The molecule has 104 valence electrons. The Morgan fingerprint density at radius 2 is 2.05 bits per heavy atom. The molecule has 0 atom stereocenters. The molecule has 20 heavy (non-hydrogen) atoms. The number of hydrogen-bond donors (Lipinski definition) is 0. The minimum atomic E-state index is -0.645. The van der Waals surface area contributed by atoms with E-state index in [0.29, 0.717) is 15.6 Å². The van der Waals surface area contributed by atoms with Crippen molar-refractivity contribution in [2.75, 3.05) is 0 Å². The molecular weight excluding hydrogens is 301 g/mol. The van der Waals surface area contributed by atoms with Gasteiger partial charge in [-0.1, -0.05) is 34.4 Å². The van der Waals surface area contributed by atoms with Crippen molar-refractivity contribution in [3.63, 3.8) is 0 Å². The van der Waals surface area contributed by atoms with Crippen molar-refractivity contribution in [1.29, 1.82) is 0 Å². The van der Waals surface area contributed by atoms with Gasteiger partial charge in [0.25, 0.3) is 0 Å². The van der Waals surface area contributed by atoms with Gasteiger partial charge in [-0.25, -0.2) is 4.79 Å². The second kappa shape index (κ2) is 6.07. The topological polar surface area (TPSA) is 56.5 Å². The fraction of sp³-hybridized carbons (Fsp3) is 0.154. The van der Waals surface area contributed by atoms with Crippen LogP contribution in [-0.2, 0) is 11.9 Å². The van der Waals surface area contributed by atoms with Crippen molar-refractivity contribution in [3.05, 3.63) is 51.3 Å². The third-order valence-electron chi connectivity index (χ3n) is 2.64. The Balaban J connectivity index is 2.08. The summed E-state index contributed by atoms with van der Waals surface area (Å²) in [5, 5.41) is 8.42. The lowest BCUT2D eigenvalue weighted by molar-refractivity contribution is 0.0511. The molecule has 0 aliphatic carbocycles. The number of carbonyl (C=O) groups is 1. The molecule has 0 fully saturated rings. The molecule has 2 rings (SSSR count). The lowest BCUT2D eigenvalue weighted by Crippen LogP contribution is -2.03. The van der Waals surface area contributed by atoms with Gasteiger partial charge in [0.1, 0.15) is 0 Å². The average Bonchev–Trinajstić information content (AvgIpc) is 2.73. The van der Waals surface area contributed by atoms with Crippen molar-refractivity contribution in [1.82, 2.24) is 9.78 Å². The number of carbonyl (C=O) groups excluding carboxylic acids is 1. The summed E-state index contributed by atoms with van der Waals surface area (Å²) in [6, 6.07) is 6.66. The Hall–Kier alpha value is -1.85. The van der Waals surface area contributed by atoms with E-state index >= 15 is 0 Å². The molecule has 0 aliphatic rings. The van der Waals surface area contributed by atoms with Gasteiger partial charge in [0, 0.05) is 18.3 Å². The Bertz CT molecular complexity index is 641. The van der Waals surface area contributed by atoms with Crippen LogP contribution in [0.15, 0.2) is 29.4 Å². The van der Waals surface area contributed by atoms with Gasteiger partial charge < -0.3 is 4.84 Å². The largest absolute Gasteiger partial charge is 0.385 e. The molecule has 0 radical (unpaired) electrons. The summed E-state index contributed by atoms with van der Waals surface area (Å²) >= 11 is 11.9. The minimum absolute atomic E-state index is 0.187. The average molecular weight is 312 g/mol. The third-order valence-corrected chi connectivity index (χ3v) is 3.30. The number of rotatable bonds is 3. The second-order valence-corrected chi connectivity index (χ2v) is 4.86. The molecule has 0 spiro atoms. The molecule has 2 aromatic rings. The number of aryl methyl sites for hydroxylation is 2. The van der Waals surface area contributed by atoms with Crippen molar-refractivity contribution >= 4 is 35.4 Å². The van der Waals surface area contributed by atoms with E-state index in [4.69, 9.17) is 28.0 Å². The smallest absolute Gasteiger partial charge is 0.311 e. The lowest BCUT2D eigenvalue weighted by Gasteiger charge is -1.99. The molecule has 7 heteroatoms. The Labute approximate surface area is 125 Å². The number of oxime groups is 1. The summed E-state index contributed by atoms with van der Waals surface area (Å²) in [7, 11) is 1.74. The predicted octanol–water partition coefficient (Wildman–Crippen LogP) is 3.23. The van der Waals surface area contributed by atoms with E-state index in [1.54, 1.807) is 36.0 Å². The minimum Gasteiger partial charge on any atom is -0.311 e. The van der Waals surface area contributed by atoms with Crippen LogP contribution >= 0.6 is 23.2 Å². The molecule has 1 aromatic carbocycles. The molecule has 5 nitrogen and oxygen atoms in total. The Morgan fingerprint density at radius 3 is 2.60 bits per heavy atom. The first-order valence-corrected chi connectivity index (χ1v) is 6.44. The highest BCUT2D eigenvalue weighted by Gasteiger charge is 2.12. The maximum atomic E-state index is 11.7. The monoisotopic (exact) mass is 311 g/mol. The van der Waals surface area contributed by atoms with Crippen LogP contribution in [0.4, 0.5) is 0 Å². The Morgan fingerprint density at radius 1 is 1.40 bits per heavy atom. The molecule has 0 aliphatic heterocycles. The maximum absolute atomic E-state index is 11.7. The molecule has 0 bridgehead atoms. The number of hydrogen-bond acceptors (Lipinski definition) is 4. The van der Waals surface area contributed by atoms with E-state index in [-0.39, 0.29) is 5.69 Å². The van der Waals surface area contributed by atoms with Gasteiger partial charge >= 0.3 is 5.97 Å². The Kier molecular flexibility index (Phi) is 4.42. The van der Waals surface area contributed by atoms with E-state index in [1.807, 2.05) is 6.92 Å². The van der Waals surface area contributed by atoms with E-state index in [0.717, 1.165) is 5.69 Å². The summed E-state index contributed by atoms with van der Waals surface area (Å²) in [5.41, 5.74) is 1.52. The summed E-state index contributed by atoms with van der Waals surface area (Å²) in [4.78, 5) is 16.4. The fourth-order valence-electron chi connectivity index (χ4n) is 1.47. The molecular formula is C13H11Cl2N3O2. The first-order valence-electron chi connectivity index (χ1n) is 5.68. The zero-order valence-corrected chi connectivity index (χ0v) is 12.3. The summed E-state index contributed by atoms with van der Waals surface area (Å²) in [5.74, 6) is -0.645. The van der Waals surface area contributed by atoms with Crippen LogP contribution in [0.1, 0.15) is 21.7 Å². The van der Waals surface area contributed by atoms with E-state index in [9.17, 15) is 4.79 Å². The zero-order chi connectivity index (χ0) is 14.7. The van der Waals surface area contributed by atoms with Crippen molar-refractivity contribution < 1.29 is 9.63 Å². The molecule has 1 aromatic heterocycles. The highest BCUT2D eigenvalue weighted by Crippen LogP contribution is 2.22. The zero-order valence-electron chi connectivity index (χ0n) is 10.8. The van der Waals surface area contributed by atoms with Crippen LogP contribution in [0.25, 0.3) is 0 Å². The summed E-state index contributed by atoms with van der Waals surface area (Å²) < 4.78 is 1.57. The van der Waals surface area contributed by atoms with Gasteiger partial charge in [-0.3, -0.25) is 4.68 Å². The number of aromatic nitrogens is 2. The van der Waals surface area contributed by atoms with Crippen LogP contribution in [-0.4, -0.2) is 22.0 Å². The molecule has 0 amide bonds. The second-order valence-electron chi connectivity index (χ2n) is 4.04. The SMILES string of the molecule is Cc1cc(C(=O)O/N=C\c2c(Cl)cccc2Cl)nn1C. The van der Waals surface area contributed by atoms with Crippen molar-refractivity contribution in [3.8, 4) is 0 Å². The summed E-state index contributed by atoms with van der Waals surface area (Å²) in [6.07, 6.45) is 1.29. The fourth-order valence-corrected chi connectivity index (χ4v) is 1.96. The van der Waals surface area contributed by atoms with E-state index < -0.39 is 5.97 Å². The van der Waals surface area contributed by atoms with E-state index in [1.165, 1.54) is 6.21 Å². The number of nitrogens with zero attached hydrogens (tertiary/aromatic N) is 3. The first-order chi connectivity index (χ1) is 9.49. The normalized spacial score (nSPS) is 11.0. The van der Waals surface area contributed by atoms with Gasteiger partial charge in [-0.15, -0.1) is 0 Å². The van der Waals surface area contributed by atoms with Crippen LogP contribution < -0.4 is 0 Å². The van der Waals surface area contributed by atoms with Gasteiger partial charge in [0.05, 0.1) is 16.3 Å². The standard InChI is InChI=1S/C13H11Cl2N3O2/c1-8-6-12(17-18(8)2)13(19)20-16-7-9-10(14)4-3-5-11(9)15/h3-7H,1-2H3/b16-7-. The van der Waals surface area contributed by atoms with Crippen LogP contribution in [0.3, 0.4) is 0 Å². The number of halogens is 2. The lowest BCUT2D eigenvalue weighted by atomic mass is 10.2. The molecule has 0 saturated carbocycles. The summed E-state index contributed by atoms with van der Waals surface area (Å²) in [6.45, 7) is 1.83. The molecule has 0 saturated heterocycles. The van der Waals surface area contributed by atoms with Crippen molar-refractivity contribution in [2.24, 2.45) is 12.2 Å². The highest BCUT2D eigenvalue weighted by molar-refractivity contribution is 6.38.